The van der Waals surface area contributed by atoms with Crippen molar-refractivity contribution < 1.29 is 0 Å². The quantitative estimate of drug-likeness (QED) is 0.798. The number of benzene rings is 1. The molecule has 0 saturated carbocycles. The topological polar surface area (TPSA) is 29.9 Å². The summed E-state index contributed by atoms with van der Waals surface area (Å²) in [7, 11) is 0. The summed E-state index contributed by atoms with van der Waals surface area (Å²) in [6, 6.07) is 7.94. The van der Waals surface area contributed by atoms with Gasteiger partial charge in [0.25, 0.3) is 0 Å². The molecule has 5 heteroatoms. The zero-order valence-electron chi connectivity index (χ0n) is 11.7. The standard InChI is InChI=1S/C15H19Cl2N3/c1-3-15(4-2)20-6-5-13(19-20)10-18-14-8-11(16)7-12(17)9-14/h5-9,15,18H,3-4,10H2,1-2H3. The van der Waals surface area contributed by atoms with Crippen molar-refractivity contribution in [2.45, 2.75) is 39.3 Å². The monoisotopic (exact) mass is 311 g/mol. The number of aromatic nitrogens is 2. The van der Waals surface area contributed by atoms with E-state index in [2.05, 4.69) is 24.3 Å². The van der Waals surface area contributed by atoms with Gasteiger partial charge < -0.3 is 5.32 Å². The molecule has 108 valence electrons. The van der Waals surface area contributed by atoms with Crippen LogP contribution in [-0.2, 0) is 6.54 Å². The minimum absolute atomic E-state index is 0.476. The van der Waals surface area contributed by atoms with Crippen molar-refractivity contribution in [3.05, 3.63) is 46.2 Å². The van der Waals surface area contributed by atoms with E-state index >= 15 is 0 Å². The number of nitrogens with one attached hydrogen (secondary N) is 1. The maximum Gasteiger partial charge on any atom is 0.0815 e. The molecule has 20 heavy (non-hydrogen) atoms. The zero-order chi connectivity index (χ0) is 14.5. The van der Waals surface area contributed by atoms with Gasteiger partial charge >= 0.3 is 0 Å². The molecule has 0 unspecified atom stereocenters. The van der Waals surface area contributed by atoms with Gasteiger partial charge in [-0.3, -0.25) is 4.68 Å². The Morgan fingerprint density at radius 2 is 1.80 bits per heavy atom. The molecule has 3 nitrogen and oxygen atoms in total. The van der Waals surface area contributed by atoms with Crippen LogP contribution in [0.1, 0.15) is 38.4 Å². The first-order chi connectivity index (χ1) is 9.62. The van der Waals surface area contributed by atoms with Crippen molar-refractivity contribution in [2.75, 3.05) is 5.32 Å². The second-order valence-electron chi connectivity index (χ2n) is 4.77. The van der Waals surface area contributed by atoms with E-state index in [-0.39, 0.29) is 0 Å². The van der Waals surface area contributed by atoms with Gasteiger partial charge in [0.2, 0.25) is 0 Å². The second kappa shape index (κ2) is 7.00. The Morgan fingerprint density at radius 3 is 2.40 bits per heavy atom. The number of rotatable bonds is 6. The molecule has 0 atom stereocenters. The van der Waals surface area contributed by atoms with Crippen molar-refractivity contribution in [3.8, 4) is 0 Å². The summed E-state index contributed by atoms with van der Waals surface area (Å²) in [6.07, 6.45) is 4.23. The SMILES string of the molecule is CCC(CC)n1ccc(CNc2cc(Cl)cc(Cl)c2)n1. The molecule has 0 amide bonds. The molecule has 0 spiro atoms. The first kappa shape index (κ1) is 15.2. The number of hydrogen-bond donors (Lipinski definition) is 1. The van der Waals surface area contributed by atoms with Crippen LogP contribution in [-0.4, -0.2) is 9.78 Å². The van der Waals surface area contributed by atoms with Crippen LogP contribution in [0.3, 0.4) is 0 Å². The van der Waals surface area contributed by atoms with E-state index in [0.717, 1.165) is 24.2 Å². The molecule has 0 radical (unpaired) electrons. The lowest BCUT2D eigenvalue weighted by molar-refractivity contribution is 0.426. The highest BCUT2D eigenvalue weighted by atomic mass is 35.5. The predicted molar refractivity (Wildman–Crippen MR) is 85.6 cm³/mol. The molecular weight excluding hydrogens is 293 g/mol. The van der Waals surface area contributed by atoms with Crippen molar-refractivity contribution >= 4 is 28.9 Å². The summed E-state index contributed by atoms with van der Waals surface area (Å²) in [5, 5.41) is 9.14. The van der Waals surface area contributed by atoms with Crippen molar-refractivity contribution in [2.24, 2.45) is 0 Å². The molecule has 0 bridgehead atoms. The van der Waals surface area contributed by atoms with Gasteiger partial charge in [0.15, 0.2) is 0 Å². The largest absolute Gasteiger partial charge is 0.379 e. The molecule has 1 heterocycles. The summed E-state index contributed by atoms with van der Waals surface area (Å²) in [5.41, 5.74) is 1.91. The lowest BCUT2D eigenvalue weighted by atomic mass is 10.2. The third-order valence-electron chi connectivity index (χ3n) is 3.32. The highest BCUT2D eigenvalue weighted by Gasteiger charge is 2.07. The van der Waals surface area contributed by atoms with E-state index in [4.69, 9.17) is 23.2 Å². The fourth-order valence-corrected chi connectivity index (χ4v) is 2.71. The van der Waals surface area contributed by atoms with Crippen LogP contribution in [0, 0.1) is 0 Å². The van der Waals surface area contributed by atoms with Crippen molar-refractivity contribution in [1.82, 2.24) is 9.78 Å². The summed E-state index contributed by atoms with van der Waals surface area (Å²) in [4.78, 5) is 0. The Bertz CT molecular complexity index is 542. The van der Waals surface area contributed by atoms with Gasteiger partial charge in [-0.25, -0.2) is 0 Å². The molecule has 1 aromatic heterocycles. The maximum absolute atomic E-state index is 5.97. The van der Waals surface area contributed by atoms with Crippen LogP contribution >= 0.6 is 23.2 Å². The van der Waals surface area contributed by atoms with E-state index in [9.17, 15) is 0 Å². The van der Waals surface area contributed by atoms with Gasteiger partial charge in [0, 0.05) is 21.9 Å². The molecule has 0 fully saturated rings. The number of hydrogen-bond acceptors (Lipinski definition) is 2. The predicted octanol–water partition coefficient (Wildman–Crippen LogP) is 5.16. The zero-order valence-corrected chi connectivity index (χ0v) is 13.2. The Hall–Kier alpha value is -1.19. The molecule has 0 saturated heterocycles. The molecule has 1 N–H and O–H groups in total. The Balaban J connectivity index is 2.00. The average Bonchev–Trinajstić information content (AvgIpc) is 2.86. The van der Waals surface area contributed by atoms with Crippen LogP contribution in [0.25, 0.3) is 0 Å². The molecule has 2 rings (SSSR count). The summed E-state index contributed by atoms with van der Waals surface area (Å²) < 4.78 is 2.04. The molecule has 2 aromatic rings. The minimum Gasteiger partial charge on any atom is -0.379 e. The van der Waals surface area contributed by atoms with Crippen LogP contribution in [0.5, 0.6) is 0 Å². The third-order valence-corrected chi connectivity index (χ3v) is 3.75. The summed E-state index contributed by atoms with van der Waals surface area (Å²) >= 11 is 11.9. The Labute approximate surface area is 129 Å². The fraction of sp³-hybridized carbons (Fsp3) is 0.400. The normalized spacial score (nSPS) is 11.1. The maximum atomic E-state index is 5.97. The van der Waals surface area contributed by atoms with Gasteiger partial charge in [0.05, 0.1) is 18.3 Å². The number of nitrogens with zero attached hydrogens (tertiary/aromatic N) is 2. The molecule has 0 aliphatic carbocycles. The molecular formula is C15H19Cl2N3. The molecule has 1 aromatic carbocycles. The minimum atomic E-state index is 0.476. The lowest BCUT2D eigenvalue weighted by Gasteiger charge is -2.12. The average molecular weight is 312 g/mol. The van der Waals surface area contributed by atoms with Gasteiger partial charge in [-0.05, 0) is 37.1 Å². The first-order valence-electron chi connectivity index (χ1n) is 6.86. The lowest BCUT2D eigenvalue weighted by Crippen LogP contribution is -2.09. The van der Waals surface area contributed by atoms with Crippen LogP contribution in [0.15, 0.2) is 30.5 Å². The van der Waals surface area contributed by atoms with Gasteiger partial charge in [-0.1, -0.05) is 37.0 Å². The van der Waals surface area contributed by atoms with Gasteiger partial charge in [-0.15, -0.1) is 0 Å². The second-order valence-corrected chi connectivity index (χ2v) is 5.64. The van der Waals surface area contributed by atoms with Crippen LogP contribution in [0.4, 0.5) is 5.69 Å². The summed E-state index contributed by atoms with van der Waals surface area (Å²) in [6.45, 7) is 5.02. The van der Waals surface area contributed by atoms with Crippen LogP contribution in [0.2, 0.25) is 10.0 Å². The van der Waals surface area contributed by atoms with Gasteiger partial charge in [0.1, 0.15) is 0 Å². The van der Waals surface area contributed by atoms with E-state index in [1.165, 1.54) is 0 Å². The Morgan fingerprint density at radius 1 is 1.15 bits per heavy atom. The van der Waals surface area contributed by atoms with Crippen molar-refractivity contribution in [1.29, 1.82) is 0 Å². The van der Waals surface area contributed by atoms with E-state index < -0.39 is 0 Å². The van der Waals surface area contributed by atoms with E-state index in [1.807, 2.05) is 29.1 Å². The third kappa shape index (κ3) is 3.90. The highest BCUT2D eigenvalue weighted by molar-refractivity contribution is 6.35. The first-order valence-corrected chi connectivity index (χ1v) is 7.62. The van der Waals surface area contributed by atoms with Gasteiger partial charge in [-0.2, -0.15) is 5.10 Å². The fourth-order valence-electron chi connectivity index (χ4n) is 2.19. The van der Waals surface area contributed by atoms with Crippen LogP contribution < -0.4 is 5.32 Å². The smallest absolute Gasteiger partial charge is 0.0815 e. The van der Waals surface area contributed by atoms with Crippen molar-refractivity contribution in [3.63, 3.8) is 0 Å². The van der Waals surface area contributed by atoms with E-state index in [1.54, 1.807) is 6.07 Å². The van der Waals surface area contributed by atoms with E-state index in [0.29, 0.717) is 22.6 Å². The number of halogens is 2. The molecule has 0 aliphatic heterocycles. The summed E-state index contributed by atoms with van der Waals surface area (Å²) in [5.74, 6) is 0. The number of anilines is 1. The Kier molecular flexibility index (Phi) is 5.32. The molecule has 0 aliphatic rings. The highest BCUT2D eigenvalue weighted by Crippen LogP contribution is 2.23.